The zero-order chi connectivity index (χ0) is 12.5. The average molecular weight is 340 g/mol. The molecule has 7 heteroatoms. The van der Waals surface area contributed by atoms with Crippen molar-refractivity contribution in [3.63, 3.8) is 0 Å². The third-order valence-electron chi connectivity index (χ3n) is 2.93. The molecule has 0 amide bonds. The Bertz CT molecular complexity index is 485. The summed E-state index contributed by atoms with van der Waals surface area (Å²) in [6.45, 7) is 1.21. The van der Waals surface area contributed by atoms with Gasteiger partial charge in [-0.05, 0) is 46.8 Å². The molecule has 1 N–H and O–H groups in total. The van der Waals surface area contributed by atoms with Crippen LogP contribution in [0.2, 0.25) is 0 Å². The summed E-state index contributed by atoms with van der Waals surface area (Å²) in [6.07, 6.45) is 1.52. The number of rotatable bonds is 4. The molecule has 1 aliphatic heterocycles. The van der Waals surface area contributed by atoms with E-state index in [1.54, 1.807) is 12.1 Å². The lowest BCUT2D eigenvalue weighted by molar-refractivity contribution is 0.260. The zero-order valence-corrected chi connectivity index (χ0v) is 12.4. The maximum Gasteiger partial charge on any atom is 0.252 e. The minimum atomic E-state index is -3.33. The molecule has 17 heavy (non-hydrogen) atoms. The summed E-state index contributed by atoms with van der Waals surface area (Å²) in [5.41, 5.74) is 0. The van der Waals surface area contributed by atoms with Crippen molar-refractivity contribution in [1.29, 1.82) is 0 Å². The van der Waals surface area contributed by atoms with E-state index in [4.69, 9.17) is 5.11 Å². The summed E-state index contributed by atoms with van der Waals surface area (Å²) in [6, 6.07) is 3.38. The van der Waals surface area contributed by atoms with E-state index in [0.717, 1.165) is 10.2 Å². The van der Waals surface area contributed by atoms with E-state index in [0.29, 0.717) is 23.7 Å². The van der Waals surface area contributed by atoms with Crippen molar-refractivity contribution in [2.24, 2.45) is 5.92 Å². The van der Waals surface area contributed by atoms with Crippen molar-refractivity contribution < 1.29 is 13.5 Å². The van der Waals surface area contributed by atoms with Crippen LogP contribution >= 0.6 is 27.3 Å². The van der Waals surface area contributed by atoms with Gasteiger partial charge in [0, 0.05) is 19.7 Å². The molecule has 0 aliphatic carbocycles. The van der Waals surface area contributed by atoms with Crippen LogP contribution in [0.25, 0.3) is 0 Å². The quantitative estimate of drug-likeness (QED) is 0.911. The number of aliphatic hydroxyl groups excluding tert-OH is 1. The molecule has 1 fully saturated rings. The van der Waals surface area contributed by atoms with Gasteiger partial charge in [-0.2, -0.15) is 4.31 Å². The van der Waals surface area contributed by atoms with E-state index in [1.165, 1.54) is 15.6 Å². The van der Waals surface area contributed by atoms with E-state index >= 15 is 0 Å². The molecule has 0 radical (unpaired) electrons. The topological polar surface area (TPSA) is 57.6 Å². The number of aliphatic hydroxyl groups is 1. The van der Waals surface area contributed by atoms with Crippen LogP contribution in [0.5, 0.6) is 0 Å². The van der Waals surface area contributed by atoms with Crippen molar-refractivity contribution in [3.8, 4) is 0 Å². The normalized spacial score (nSPS) is 22.1. The molecule has 1 saturated heterocycles. The fourth-order valence-corrected chi connectivity index (χ4v) is 5.69. The molecular weight excluding hydrogens is 326 g/mol. The summed E-state index contributed by atoms with van der Waals surface area (Å²) in [5, 5.41) is 8.86. The molecule has 1 aliphatic rings. The molecule has 96 valence electrons. The highest BCUT2D eigenvalue weighted by Gasteiger charge is 2.32. The minimum absolute atomic E-state index is 0.128. The first-order valence-electron chi connectivity index (χ1n) is 5.40. The Morgan fingerprint density at radius 2 is 2.29 bits per heavy atom. The van der Waals surface area contributed by atoms with Crippen molar-refractivity contribution >= 4 is 37.3 Å². The second-order valence-electron chi connectivity index (χ2n) is 4.09. The first-order valence-corrected chi connectivity index (χ1v) is 8.45. The second-order valence-corrected chi connectivity index (χ2v) is 8.72. The number of nitrogens with zero attached hydrogens (tertiary/aromatic N) is 1. The SMILES string of the molecule is O=S(=O)(c1ccc(Br)s1)N1CCC(CCO)C1. The highest BCUT2D eigenvalue weighted by atomic mass is 79.9. The molecular formula is C10H14BrNO3S2. The predicted molar refractivity (Wildman–Crippen MR) is 70.6 cm³/mol. The highest BCUT2D eigenvalue weighted by Crippen LogP contribution is 2.31. The standard InChI is InChI=1S/C10H14BrNO3S2/c11-9-1-2-10(16-9)17(14,15)12-5-3-8(7-12)4-6-13/h1-2,8,13H,3-7H2. The van der Waals surface area contributed by atoms with Gasteiger partial charge in [0.1, 0.15) is 4.21 Å². The Balaban J connectivity index is 2.13. The lowest BCUT2D eigenvalue weighted by atomic mass is 10.1. The number of sulfonamides is 1. The maximum atomic E-state index is 12.3. The van der Waals surface area contributed by atoms with Crippen LogP contribution in [0.15, 0.2) is 20.1 Å². The van der Waals surface area contributed by atoms with Crippen LogP contribution in [0, 0.1) is 5.92 Å². The average Bonchev–Trinajstić information content (AvgIpc) is 2.88. The molecule has 0 spiro atoms. The van der Waals surface area contributed by atoms with Crippen LogP contribution in [0.3, 0.4) is 0 Å². The summed E-state index contributed by atoms with van der Waals surface area (Å²) in [4.78, 5) is 0. The first kappa shape index (κ1) is 13.5. The molecule has 0 aromatic carbocycles. The van der Waals surface area contributed by atoms with Gasteiger partial charge in [-0.25, -0.2) is 8.42 Å². The highest BCUT2D eigenvalue weighted by molar-refractivity contribution is 9.11. The summed E-state index contributed by atoms with van der Waals surface area (Å²) < 4.78 is 27.2. The van der Waals surface area contributed by atoms with Crippen molar-refractivity contribution in [3.05, 3.63) is 15.9 Å². The van der Waals surface area contributed by atoms with Crippen LogP contribution in [-0.4, -0.2) is 37.5 Å². The predicted octanol–water partition coefficient (Wildman–Crippen LogP) is 1.90. The zero-order valence-electron chi connectivity index (χ0n) is 9.17. The monoisotopic (exact) mass is 339 g/mol. The van der Waals surface area contributed by atoms with E-state index in [2.05, 4.69) is 15.9 Å². The minimum Gasteiger partial charge on any atom is -0.396 e. The molecule has 2 rings (SSSR count). The van der Waals surface area contributed by atoms with Gasteiger partial charge in [0.25, 0.3) is 10.0 Å². The van der Waals surface area contributed by atoms with Crippen molar-refractivity contribution in [2.45, 2.75) is 17.1 Å². The fraction of sp³-hybridized carbons (Fsp3) is 0.600. The van der Waals surface area contributed by atoms with E-state index < -0.39 is 10.0 Å². The summed E-state index contributed by atoms with van der Waals surface area (Å²) in [7, 11) is -3.33. The van der Waals surface area contributed by atoms with E-state index in [-0.39, 0.29) is 12.5 Å². The van der Waals surface area contributed by atoms with Crippen molar-refractivity contribution in [2.75, 3.05) is 19.7 Å². The van der Waals surface area contributed by atoms with Gasteiger partial charge in [0.2, 0.25) is 0 Å². The Morgan fingerprint density at radius 1 is 1.53 bits per heavy atom. The van der Waals surface area contributed by atoms with Gasteiger partial charge in [0.15, 0.2) is 0 Å². The van der Waals surface area contributed by atoms with Gasteiger partial charge in [0.05, 0.1) is 3.79 Å². The smallest absolute Gasteiger partial charge is 0.252 e. The Kier molecular flexibility index (Phi) is 4.25. The van der Waals surface area contributed by atoms with Gasteiger partial charge in [-0.15, -0.1) is 11.3 Å². The molecule has 1 aromatic heterocycles. The molecule has 2 heterocycles. The fourth-order valence-electron chi connectivity index (χ4n) is 2.00. The third-order valence-corrected chi connectivity index (χ3v) is 6.88. The second kappa shape index (κ2) is 5.36. The Labute approximate surface area is 113 Å². The molecule has 0 saturated carbocycles. The summed E-state index contributed by atoms with van der Waals surface area (Å²) in [5.74, 6) is 0.290. The number of halogens is 1. The number of hydrogen-bond donors (Lipinski definition) is 1. The lowest BCUT2D eigenvalue weighted by Crippen LogP contribution is -2.28. The largest absolute Gasteiger partial charge is 0.396 e. The molecule has 1 aromatic rings. The number of hydrogen-bond acceptors (Lipinski definition) is 4. The summed E-state index contributed by atoms with van der Waals surface area (Å²) >= 11 is 4.51. The van der Waals surface area contributed by atoms with Gasteiger partial charge in [-0.1, -0.05) is 0 Å². The molecule has 1 unspecified atom stereocenters. The van der Waals surface area contributed by atoms with Gasteiger partial charge < -0.3 is 5.11 Å². The van der Waals surface area contributed by atoms with Crippen LogP contribution in [0.1, 0.15) is 12.8 Å². The lowest BCUT2D eigenvalue weighted by Gasteiger charge is -2.14. The Morgan fingerprint density at radius 3 is 2.88 bits per heavy atom. The van der Waals surface area contributed by atoms with Crippen molar-refractivity contribution in [1.82, 2.24) is 4.31 Å². The molecule has 1 atom stereocenters. The molecule has 0 bridgehead atoms. The molecule has 4 nitrogen and oxygen atoms in total. The van der Waals surface area contributed by atoms with Crippen LogP contribution in [-0.2, 0) is 10.0 Å². The maximum absolute atomic E-state index is 12.3. The van der Waals surface area contributed by atoms with Crippen LogP contribution in [0.4, 0.5) is 0 Å². The van der Waals surface area contributed by atoms with E-state index in [1.807, 2.05) is 0 Å². The third kappa shape index (κ3) is 2.90. The van der Waals surface area contributed by atoms with Gasteiger partial charge in [-0.3, -0.25) is 0 Å². The van der Waals surface area contributed by atoms with Gasteiger partial charge >= 0.3 is 0 Å². The first-order chi connectivity index (χ1) is 8.04. The Hall–Kier alpha value is 0.0500. The number of thiophene rings is 1. The van der Waals surface area contributed by atoms with E-state index in [9.17, 15) is 8.42 Å². The van der Waals surface area contributed by atoms with Crippen LogP contribution < -0.4 is 0 Å².